The van der Waals surface area contributed by atoms with Gasteiger partial charge in [0, 0.05) is 0 Å². The van der Waals surface area contributed by atoms with Gasteiger partial charge in [-0.1, -0.05) is 24.4 Å². The van der Waals surface area contributed by atoms with Crippen LogP contribution >= 0.6 is 11.6 Å². The number of carbonyl (C=O) groups excluding carboxylic acids is 1. The Balaban J connectivity index is 1.95. The summed E-state index contributed by atoms with van der Waals surface area (Å²) in [6, 6.07) is 3.11. The molecule has 1 amide bonds. The minimum Gasteiger partial charge on any atom is -0.324 e. The van der Waals surface area contributed by atoms with E-state index in [0.29, 0.717) is 23.7 Å². The van der Waals surface area contributed by atoms with E-state index in [2.05, 4.69) is 10.3 Å². The van der Waals surface area contributed by atoms with Crippen LogP contribution in [0.15, 0.2) is 18.3 Å². The Kier molecular flexibility index (Phi) is 4.42. The van der Waals surface area contributed by atoms with Crippen LogP contribution in [-0.2, 0) is 14.6 Å². The maximum atomic E-state index is 12.0. The molecule has 0 saturated heterocycles. The number of aromatic nitrogens is 1. The molecule has 0 spiro atoms. The standard InChI is InChI=1S/C12H15ClN2O3S/c13-11-6-5-9(7-14-11)15-12(16)8-19(17,18)10-3-1-2-4-10/h5-7,10H,1-4,8H2,(H,15,16). The fourth-order valence-electron chi connectivity index (χ4n) is 2.19. The first-order valence-electron chi connectivity index (χ1n) is 6.10. The van der Waals surface area contributed by atoms with E-state index in [9.17, 15) is 13.2 Å². The SMILES string of the molecule is O=C(CS(=O)(=O)C1CCCC1)Nc1ccc(Cl)nc1. The number of pyridine rings is 1. The molecule has 0 unspecified atom stereocenters. The zero-order chi connectivity index (χ0) is 13.9. The van der Waals surface area contributed by atoms with Gasteiger partial charge in [0.25, 0.3) is 0 Å². The number of halogens is 1. The zero-order valence-corrected chi connectivity index (χ0v) is 11.9. The summed E-state index contributed by atoms with van der Waals surface area (Å²) in [5.74, 6) is -1.00. The maximum Gasteiger partial charge on any atom is 0.239 e. The zero-order valence-electron chi connectivity index (χ0n) is 10.3. The number of sulfone groups is 1. The smallest absolute Gasteiger partial charge is 0.239 e. The first kappa shape index (κ1) is 14.3. The number of hydrogen-bond acceptors (Lipinski definition) is 4. The molecular weight excluding hydrogens is 288 g/mol. The number of anilines is 1. The second-order valence-electron chi connectivity index (χ2n) is 4.63. The van der Waals surface area contributed by atoms with Gasteiger partial charge in [-0.25, -0.2) is 13.4 Å². The Hall–Kier alpha value is -1.14. The van der Waals surface area contributed by atoms with Crippen LogP contribution in [0.4, 0.5) is 5.69 Å². The van der Waals surface area contributed by atoms with Crippen LogP contribution in [-0.4, -0.2) is 30.3 Å². The minimum absolute atomic E-state index is 0.316. The molecule has 1 N–H and O–H groups in total. The Morgan fingerprint density at radius 3 is 2.63 bits per heavy atom. The lowest BCUT2D eigenvalue weighted by Gasteiger charge is -2.11. The molecule has 1 aliphatic rings. The maximum absolute atomic E-state index is 12.0. The Morgan fingerprint density at radius 1 is 1.37 bits per heavy atom. The summed E-state index contributed by atoms with van der Waals surface area (Å²) in [4.78, 5) is 15.5. The average molecular weight is 303 g/mol. The van der Waals surface area contributed by atoms with Crippen molar-refractivity contribution in [2.24, 2.45) is 0 Å². The number of rotatable bonds is 4. The van der Waals surface area contributed by atoms with E-state index in [-0.39, 0.29) is 5.25 Å². The lowest BCUT2D eigenvalue weighted by atomic mass is 10.4. The van der Waals surface area contributed by atoms with E-state index in [1.54, 1.807) is 6.07 Å². The minimum atomic E-state index is -3.35. The van der Waals surface area contributed by atoms with Crippen molar-refractivity contribution in [1.82, 2.24) is 4.98 Å². The molecule has 1 heterocycles. The van der Waals surface area contributed by atoms with E-state index in [1.165, 1.54) is 12.3 Å². The van der Waals surface area contributed by atoms with Crippen LogP contribution in [0.5, 0.6) is 0 Å². The van der Waals surface area contributed by atoms with Gasteiger partial charge in [-0.2, -0.15) is 0 Å². The fraction of sp³-hybridized carbons (Fsp3) is 0.500. The van der Waals surface area contributed by atoms with E-state index >= 15 is 0 Å². The van der Waals surface area contributed by atoms with Crippen LogP contribution in [0.2, 0.25) is 5.15 Å². The number of carbonyl (C=O) groups is 1. The molecular formula is C12H15ClN2O3S. The predicted octanol–water partition coefficient (Wildman–Crippen LogP) is 2.03. The molecule has 1 saturated carbocycles. The summed E-state index contributed by atoms with van der Waals surface area (Å²) >= 11 is 5.62. The third-order valence-electron chi connectivity index (χ3n) is 3.15. The molecule has 1 aromatic heterocycles. The summed E-state index contributed by atoms with van der Waals surface area (Å²) in [7, 11) is -3.35. The highest BCUT2D eigenvalue weighted by Gasteiger charge is 2.30. The van der Waals surface area contributed by atoms with Crippen LogP contribution < -0.4 is 5.32 Å². The molecule has 2 rings (SSSR count). The molecule has 0 radical (unpaired) electrons. The lowest BCUT2D eigenvalue weighted by Crippen LogP contribution is -2.29. The van der Waals surface area contributed by atoms with E-state index in [4.69, 9.17) is 11.6 Å². The molecule has 0 atom stereocenters. The molecule has 104 valence electrons. The topological polar surface area (TPSA) is 76.1 Å². The van der Waals surface area contributed by atoms with Gasteiger partial charge in [-0.15, -0.1) is 0 Å². The van der Waals surface area contributed by atoms with Crippen molar-refractivity contribution >= 4 is 33.0 Å². The van der Waals surface area contributed by atoms with Gasteiger partial charge < -0.3 is 5.32 Å². The second kappa shape index (κ2) is 5.88. The van der Waals surface area contributed by atoms with Crippen LogP contribution in [0.3, 0.4) is 0 Å². The first-order chi connectivity index (χ1) is 8.97. The quantitative estimate of drug-likeness (QED) is 0.863. The van der Waals surface area contributed by atoms with Crippen LogP contribution in [0.1, 0.15) is 25.7 Å². The molecule has 1 fully saturated rings. The molecule has 0 aliphatic heterocycles. The third-order valence-corrected chi connectivity index (χ3v) is 5.53. The molecule has 0 aromatic carbocycles. The third kappa shape index (κ3) is 3.91. The number of nitrogens with one attached hydrogen (secondary N) is 1. The molecule has 5 nitrogen and oxygen atoms in total. The highest BCUT2D eigenvalue weighted by atomic mass is 35.5. The summed E-state index contributed by atoms with van der Waals surface area (Å²) in [5, 5.41) is 2.47. The fourth-order valence-corrected chi connectivity index (χ4v) is 4.03. The van der Waals surface area contributed by atoms with Crippen molar-refractivity contribution in [3.8, 4) is 0 Å². The van der Waals surface area contributed by atoms with Crippen molar-refractivity contribution in [3.63, 3.8) is 0 Å². The van der Waals surface area contributed by atoms with Crippen molar-refractivity contribution in [2.45, 2.75) is 30.9 Å². The van der Waals surface area contributed by atoms with Gasteiger partial charge >= 0.3 is 0 Å². The molecule has 0 bridgehead atoms. The van der Waals surface area contributed by atoms with E-state index < -0.39 is 21.5 Å². The van der Waals surface area contributed by atoms with E-state index in [1.807, 2.05) is 0 Å². The largest absolute Gasteiger partial charge is 0.324 e. The van der Waals surface area contributed by atoms with Gasteiger partial charge in [0.2, 0.25) is 5.91 Å². The first-order valence-corrected chi connectivity index (χ1v) is 8.20. The number of hydrogen-bond donors (Lipinski definition) is 1. The number of amides is 1. The summed E-state index contributed by atoms with van der Waals surface area (Å²) < 4.78 is 24.0. The summed E-state index contributed by atoms with van der Waals surface area (Å²) in [5.41, 5.74) is 0.441. The van der Waals surface area contributed by atoms with Gasteiger partial charge in [-0.05, 0) is 25.0 Å². The second-order valence-corrected chi connectivity index (χ2v) is 7.30. The molecule has 1 aromatic rings. The van der Waals surface area contributed by atoms with Crippen molar-refractivity contribution < 1.29 is 13.2 Å². The monoisotopic (exact) mass is 302 g/mol. The van der Waals surface area contributed by atoms with E-state index in [0.717, 1.165) is 12.8 Å². The number of nitrogens with zero attached hydrogens (tertiary/aromatic N) is 1. The van der Waals surface area contributed by atoms with Gasteiger partial charge in [-0.3, -0.25) is 4.79 Å². The highest BCUT2D eigenvalue weighted by Crippen LogP contribution is 2.25. The lowest BCUT2D eigenvalue weighted by molar-refractivity contribution is -0.113. The molecule has 1 aliphatic carbocycles. The van der Waals surface area contributed by atoms with Crippen molar-refractivity contribution in [3.05, 3.63) is 23.5 Å². The summed E-state index contributed by atoms with van der Waals surface area (Å²) in [6.07, 6.45) is 4.57. The van der Waals surface area contributed by atoms with Crippen LogP contribution in [0.25, 0.3) is 0 Å². The molecule has 7 heteroatoms. The Morgan fingerprint density at radius 2 is 2.05 bits per heavy atom. The van der Waals surface area contributed by atoms with Gasteiger partial charge in [0.15, 0.2) is 9.84 Å². The van der Waals surface area contributed by atoms with Gasteiger partial charge in [0.1, 0.15) is 10.9 Å². The van der Waals surface area contributed by atoms with Crippen molar-refractivity contribution in [1.29, 1.82) is 0 Å². The van der Waals surface area contributed by atoms with Crippen LogP contribution in [0, 0.1) is 0 Å². The van der Waals surface area contributed by atoms with Gasteiger partial charge in [0.05, 0.1) is 17.1 Å². The Labute approximate surface area is 117 Å². The predicted molar refractivity (Wildman–Crippen MR) is 73.9 cm³/mol. The highest BCUT2D eigenvalue weighted by molar-refractivity contribution is 7.92. The molecule has 19 heavy (non-hydrogen) atoms. The summed E-state index contributed by atoms with van der Waals surface area (Å²) in [6.45, 7) is 0. The Bertz CT molecular complexity index is 551. The van der Waals surface area contributed by atoms with Crippen molar-refractivity contribution in [2.75, 3.05) is 11.1 Å². The normalized spacial score (nSPS) is 16.5. The average Bonchev–Trinajstić information content (AvgIpc) is 2.85.